The lowest BCUT2D eigenvalue weighted by molar-refractivity contribution is -0.313. The van der Waals surface area contributed by atoms with E-state index in [2.05, 4.69) is 64.9 Å². The summed E-state index contributed by atoms with van der Waals surface area (Å²) >= 11 is 0. The number of ether oxygens (including phenoxy) is 4. The Morgan fingerprint density at radius 2 is 1.96 bits per heavy atom. The van der Waals surface area contributed by atoms with Crippen LogP contribution in [-0.2, 0) is 28.6 Å². The molecule has 2 bridgehead atoms. The Balaban J connectivity index is 1.55. The molecule has 1 spiro atoms. The molecule has 5 aliphatic rings. The van der Waals surface area contributed by atoms with E-state index in [0.29, 0.717) is 42.7 Å². The van der Waals surface area contributed by atoms with E-state index in [-0.39, 0.29) is 30.7 Å². The summed E-state index contributed by atoms with van der Waals surface area (Å²) in [5.41, 5.74) is 2.54. The zero-order valence-corrected chi connectivity index (χ0v) is 28.7. The lowest BCUT2D eigenvalue weighted by Crippen LogP contribution is -2.59. The number of oxime groups is 1. The second-order valence-electron chi connectivity index (χ2n) is 14.5. The van der Waals surface area contributed by atoms with E-state index in [1.165, 1.54) is 5.57 Å². The standard InChI is InChI=1S/C37H53NO8/c1-21(2)14-25(6)33-26(7)31(38-42-8)19-36(46-33)18-29-17-28(45-36)13-12-23(4)15-22(3)10-9-11-27-20-43-34-32(39)24(5)16-30(35(40)44-29)37(27,34)41/h9-12,14,16,21-22,26,28-30,32-34,39,41H,13,15,17-20H2,1-8H3/b10-9+,23-12+,25-14+,27-11+,38-31+/t22-,26+,28-,29-,30-,32-,33+,34-,36+,37-/m1/s1. The number of hydrogen-bond donors (Lipinski definition) is 2. The fraction of sp³-hybridized carbons (Fsp3) is 0.676. The van der Waals surface area contributed by atoms with E-state index in [9.17, 15) is 15.0 Å². The number of fused-ring (bicyclic) bond motifs is 2. The van der Waals surface area contributed by atoms with Gasteiger partial charge in [0, 0.05) is 25.2 Å². The minimum absolute atomic E-state index is 0.0340. The summed E-state index contributed by atoms with van der Waals surface area (Å²) in [6.45, 7) is 14.6. The van der Waals surface area contributed by atoms with Gasteiger partial charge in [0.2, 0.25) is 0 Å². The number of carbonyl (C=O) groups excluding carboxylic acids is 1. The molecule has 9 heteroatoms. The molecular weight excluding hydrogens is 586 g/mol. The number of carbonyl (C=O) groups is 1. The van der Waals surface area contributed by atoms with Crippen LogP contribution in [-0.4, -0.2) is 77.5 Å². The maximum Gasteiger partial charge on any atom is 0.316 e. The van der Waals surface area contributed by atoms with Crippen molar-refractivity contribution in [3.63, 3.8) is 0 Å². The largest absolute Gasteiger partial charge is 0.462 e. The van der Waals surface area contributed by atoms with Crippen LogP contribution in [0.1, 0.15) is 80.6 Å². The zero-order chi connectivity index (χ0) is 33.4. The Morgan fingerprint density at radius 1 is 1.20 bits per heavy atom. The van der Waals surface area contributed by atoms with Gasteiger partial charge >= 0.3 is 5.97 Å². The van der Waals surface area contributed by atoms with Crippen molar-refractivity contribution in [2.24, 2.45) is 28.8 Å². The molecule has 0 radical (unpaired) electrons. The number of allylic oxidation sites excluding steroid dienone is 5. The molecule has 254 valence electrons. The van der Waals surface area contributed by atoms with Crippen LogP contribution >= 0.6 is 0 Å². The molecular formula is C37H53NO8. The molecule has 5 rings (SSSR count). The summed E-state index contributed by atoms with van der Waals surface area (Å²) in [5.74, 6) is -2.15. The SMILES string of the molecule is CO/N=C1\C[C@]2(C[C@H]3C[C@@H](C/C=C(\C)C[C@H](C)/C=C/C=C4\CO[C@@H]5[C@H](O)C(C)=C[C@H](C(=O)O3)[C@]45O)O2)O[C@@H](/C(C)=C/C(C)C)[C@H]1C. The van der Waals surface area contributed by atoms with Crippen LogP contribution in [0.4, 0.5) is 0 Å². The van der Waals surface area contributed by atoms with E-state index in [0.717, 1.165) is 17.7 Å². The van der Waals surface area contributed by atoms with E-state index >= 15 is 0 Å². The first-order valence-corrected chi connectivity index (χ1v) is 16.8. The van der Waals surface area contributed by atoms with Gasteiger partial charge in [-0.3, -0.25) is 4.79 Å². The fourth-order valence-electron chi connectivity index (χ4n) is 7.94. The molecule has 0 aromatic carbocycles. The lowest BCUT2D eigenvalue weighted by Gasteiger charge is -2.50. The summed E-state index contributed by atoms with van der Waals surface area (Å²) < 4.78 is 26.0. The Bertz CT molecular complexity index is 1340. The molecule has 0 unspecified atom stereocenters. The van der Waals surface area contributed by atoms with Crippen molar-refractivity contribution in [3.05, 3.63) is 58.7 Å². The monoisotopic (exact) mass is 639 g/mol. The summed E-state index contributed by atoms with van der Waals surface area (Å²) in [4.78, 5) is 19.4. The van der Waals surface area contributed by atoms with Crippen LogP contribution in [0.25, 0.3) is 0 Å². The summed E-state index contributed by atoms with van der Waals surface area (Å²) in [6, 6.07) is 0. The van der Waals surface area contributed by atoms with E-state index in [4.69, 9.17) is 23.8 Å². The maximum absolute atomic E-state index is 14.2. The minimum Gasteiger partial charge on any atom is -0.462 e. The molecule has 9 nitrogen and oxygen atoms in total. The number of nitrogens with zero attached hydrogens (tertiary/aromatic N) is 1. The van der Waals surface area contributed by atoms with Crippen molar-refractivity contribution in [1.82, 2.24) is 0 Å². The molecule has 3 saturated heterocycles. The highest BCUT2D eigenvalue weighted by Crippen LogP contribution is 2.47. The van der Waals surface area contributed by atoms with Gasteiger partial charge in [-0.2, -0.15) is 0 Å². The number of esters is 1. The normalized spacial score (nSPS) is 44.5. The molecule has 0 aromatic heterocycles. The van der Waals surface area contributed by atoms with Crippen LogP contribution in [0, 0.1) is 23.7 Å². The van der Waals surface area contributed by atoms with Crippen molar-refractivity contribution in [2.45, 2.75) is 122 Å². The highest BCUT2D eigenvalue weighted by Gasteiger charge is 2.60. The Kier molecular flexibility index (Phi) is 10.5. The van der Waals surface area contributed by atoms with Crippen LogP contribution in [0.2, 0.25) is 0 Å². The van der Waals surface area contributed by atoms with Crippen molar-refractivity contribution in [2.75, 3.05) is 13.7 Å². The quantitative estimate of drug-likeness (QED) is 0.229. The number of aliphatic hydroxyl groups excluding tert-OH is 1. The Morgan fingerprint density at radius 3 is 2.67 bits per heavy atom. The second kappa shape index (κ2) is 13.9. The topological polar surface area (TPSA) is 116 Å². The average Bonchev–Trinajstić information content (AvgIpc) is 3.31. The van der Waals surface area contributed by atoms with E-state index in [1.54, 1.807) is 20.1 Å². The first-order chi connectivity index (χ1) is 21.8. The molecule has 46 heavy (non-hydrogen) atoms. The third kappa shape index (κ3) is 6.99. The van der Waals surface area contributed by atoms with Gasteiger partial charge in [0.05, 0.1) is 24.5 Å². The zero-order valence-electron chi connectivity index (χ0n) is 28.7. The highest BCUT2D eigenvalue weighted by molar-refractivity contribution is 5.88. The number of hydrogen-bond acceptors (Lipinski definition) is 9. The lowest BCUT2D eigenvalue weighted by atomic mass is 9.71. The molecule has 0 saturated carbocycles. The molecule has 1 aliphatic carbocycles. The predicted molar refractivity (Wildman–Crippen MR) is 176 cm³/mol. The molecule has 4 heterocycles. The highest BCUT2D eigenvalue weighted by atomic mass is 16.7. The smallest absolute Gasteiger partial charge is 0.316 e. The van der Waals surface area contributed by atoms with Gasteiger partial charge in [0.1, 0.15) is 36.9 Å². The van der Waals surface area contributed by atoms with Crippen molar-refractivity contribution in [1.29, 1.82) is 0 Å². The second-order valence-corrected chi connectivity index (χ2v) is 14.5. The summed E-state index contributed by atoms with van der Waals surface area (Å²) in [7, 11) is 1.55. The molecule has 4 aliphatic heterocycles. The van der Waals surface area contributed by atoms with Crippen molar-refractivity contribution >= 4 is 11.7 Å². The van der Waals surface area contributed by atoms with Gasteiger partial charge in [-0.25, -0.2) is 0 Å². The van der Waals surface area contributed by atoms with Gasteiger partial charge < -0.3 is 34.0 Å². The van der Waals surface area contributed by atoms with Crippen molar-refractivity contribution < 1.29 is 38.8 Å². The first-order valence-electron chi connectivity index (χ1n) is 16.8. The maximum atomic E-state index is 14.2. The van der Waals surface area contributed by atoms with Gasteiger partial charge in [-0.05, 0) is 62.2 Å². The molecule has 3 fully saturated rings. The third-order valence-corrected chi connectivity index (χ3v) is 10.1. The van der Waals surface area contributed by atoms with Crippen LogP contribution in [0.3, 0.4) is 0 Å². The third-order valence-electron chi connectivity index (χ3n) is 10.1. The van der Waals surface area contributed by atoms with Gasteiger partial charge in [-0.1, -0.05) is 74.9 Å². The Hall–Kier alpha value is -2.56. The molecule has 0 amide bonds. The van der Waals surface area contributed by atoms with Gasteiger partial charge in [0.15, 0.2) is 5.79 Å². The van der Waals surface area contributed by atoms with Gasteiger partial charge in [0.25, 0.3) is 0 Å². The molecule has 0 aromatic rings. The van der Waals surface area contributed by atoms with Crippen LogP contribution < -0.4 is 0 Å². The van der Waals surface area contributed by atoms with Crippen LogP contribution in [0.15, 0.2) is 63.9 Å². The van der Waals surface area contributed by atoms with Crippen LogP contribution in [0.5, 0.6) is 0 Å². The first kappa shape index (κ1) is 34.8. The van der Waals surface area contributed by atoms with Crippen molar-refractivity contribution in [3.8, 4) is 0 Å². The minimum atomic E-state index is -1.74. The summed E-state index contributed by atoms with van der Waals surface area (Å²) in [6.07, 6.45) is 11.4. The fourth-order valence-corrected chi connectivity index (χ4v) is 7.94. The van der Waals surface area contributed by atoms with E-state index < -0.39 is 41.6 Å². The molecule has 10 atom stereocenters. The Labute approximate surface area is 274 Å². The molecule has 2 N–H and O–H groups in total. The average molecular weight is 640 g/mol. The number of aliphatic hydroxyl groups is 2. The number of rotatable bonds is 3. The summed E-state index contributed by atoms with van der Waals surface area (Å²) in [5, 5.41) is 27.6. The van der Waals surface area contributed by atoms with E-state index in [1.807, 2.05) is 12.2 Å². The predicted octanol–water partition coefficient (Wildman–Crippen LogP) is 5.73. The van der Waals surface area contributed by atoms with Gasteiger partial charge in [-0.15, -0.1) is 0 Å².